The molecule has 2 fully saturated rings. The first kappa shape index (κ1) is 25.1. The van der Waals surface area contributed by atoms with E-state index in [4.69, 9.17) is 4.98 Å². The SMILES string of the molecule is Cc1cccc(N2CCN(C(=O)[C@@H]3CCCN(Cc4nc5ccccc5n4-c4cccc(Br)c4)C3)CC2)c1. The second-order valence-corrected chi connectivity index (χ2v) is 11.5. The molecule has 1 amide bonds. The highest BCUT2D eigenvalue weighted by Crippen LogP contribution is 2.27. The minimum atomic E-state index is 0.0537. The molecule has 3 aromatic carbocycles. The molecule has 2 aliphatic heterocycles. The quantitative estimate of drug-likeness (QED) is 0.310. The van der Waals surface area contributed by atoms with Crippen LogP contribution >= 0.6 is 15.9 Å². The van der Waals surface area contributed by atoms with Crippen molar-refractivity contribution in [1.29, 1.82) is 0 Å². The summed E-state index contributed by atoms with van der Waals surface area (Å²) in [7, 11) is 0. The van der Waals surface area contributed by atoms with Gasteiger partial charge < -0.3 is 9.80 Å². The first-order chi connectivity index (χ1) is 18.5. The summed E-state index contributed by atoms with van der Waals surface area (Å²) in [6.07, 6.45) is 2.01. The predicted octanol–water partition coefficient (Wildman–Crippen LogP) is 5.66. The van der Waals surface area contributed by atoms with Crippen LogP contribution in [-0.2, 0) is 11.3 Å². The molecule has 0 unspecified atom stereocenters. The van der Waals surface area contributed by atoms with Crippen molar-refractivity contribution in [1.82, 2.24) is 19.4 Å². The molecule has 0 saturated carbocycles. The van der Waals surface area contributed by atoms with Crippen molar-refractivity contribution in [2.75, 3.05) is 44.2 Å². The number of anilines is 1. The molecular weight excluding hydrogens is 538 g/mol. The van der Waals surface area contributed by atoms with Crippen LogP contribution in [0, 0.1) is 12.8 Å². The van der Waals surface area contributed by atoms with Gasteiger partial charge in [0.1, 0.15) is 5.82 Å². The van der Waals surface area contributed by atoms with Gasteiger partial charge in [-0.15, -0.1) is 0 Å². The van der Waals surface area contributed by atoms with Crippen LogP contribution in [0.25, 0.3) is 16.7 Å². The average molecular weight is 573 g/mol. The summed E-state index contributed by atoms with van der Waals surface area (Å²) in [5, 5.41) is 0. The van der Waals surface area contributed by atoms with E-state index in [1.807, 2.05) is 12.1 Å². The molecule has 6 rings (SSSR count). The third-order valence-electron chi connectivity index (χ3n) is 7.87. The third-order valence-corrected chi connectivity index (χ3v) is 8.37. The predicted molar refractivity (Wildman–Crippen MR) is 157 cm³/mol. The van der Waals surface area contributed by atoms with Crippen molar-refractivity contribution in [2.24, 2.45) is 5.92 Å². The van der Waals surface area contributed by atoms with Gasteiger partial charge in [0.25, 0.3) is 0 Å². The zero-order chi connectivity index (χ0) is 26.1. The number of piperazine rings is 1. The third kappa shape index (κ3) is 5.22. The van der Waals surface area contributed by atoms with Gasteiger partial charge in [-0.05, 0) is 74.3 Å². The zero-order valence-electron chi connectivity index (χ0n) is 21.9. The van der Waals surface area contributed by atoms with E-state index in [1.165, 1.54) is 11.3 Å². The number of hydrogen-bond donors (Lipinski definition) is 0. The van der Waals surface area contributed by atoms with E-state index in [1.54, 1.807) is 0 Å². The fraction of sp³-hybridized carbons (Fsp3) is 0.355. The van der Waals surface area contributed by atoms with E-state index in [-0.39, 0.29) is 5.92 Å². The largest absolute Gasteiger partial charge is 0.368 e. The fourth-order valence-corrected chi connectivity index (χ4v) is 6.34. The molecule has 7 heteroatoms. The first-order valence-corrected chi connectivity index (χ1v) is 14.4. The molecule has 0 bridgehead atoms. The van der Waals surface area contributed by atoms with Crippen LogP contribution in [0.5, 0.6) is 0 Å². The van der Waals surface area contributed by atoms with Gasteiger partial charge in [0.2, 0.25) is 5.91 Å². The molecule has 0 aliphatic carbocycles. The van der Waals surface area contributed by atoms with Gasteiger partial charge in [0, 0.05) is 48.6 Å². The van der Waals surface area contributed by atoms with Crippen molar-refractivity contribution in [3.63, 3.8) is 0 Å². The van der Waals surface area contributed by atoms with Gasteiger partial charge in [0.05, 0.1) is 23.5 Å². The molecule has 0 N–H and O–H groups in total. The number of hydrogen-bond acceptors (Lipinski definition) is 4. The summed E-state index contributed by atoms with van der Waals surface area (Å²) in [5.74, 6) is 1.39. The number of carbonyl (C=O) groups excluding carboxylic acids is 1. The van der Waals surface area contributed by atoms with Gasteiger partial charge in [-0.3, -0.25) is 14.3 Å². The molecule has 1 atom stereocenters. The summed E-state index contributed by atoms with van der Waals surface area (Å²) in [6, 6.07) is 25.3. The lowest BCUT2D eigenvalue weighted by atomic mass is 9.96. The number of amides is 1. The maximum atomic E-state index is 13.6. The van der Waals surface area contributed by atoms with Crippen LogP contribution < -0.4 is 4.90 Å². The molecule has 196 valence electrons. The Bertz CT molecular complexity index is 1440. The van der Waals surface area contributed by atoms with Crippen molar-refractivity contribution in [3.8, 4) is 5.69 Å². The molecule has 6 nitrogen and oxygen atoms in total. The molecular formula is C31H34BrN5O. The number of para-hydroxylation sites is 2. The lowest BCUT2D eigenvalue weighted by Gasteiger charge is -2.39. The smallest absolute Gasteiger partial charge is 0.227 e. The standard InChI is InChI=1S/C31H34BrN5O/c1-23-7-4-10-26(19-23)35-15-17-36(18-16-35)31(38)24-8-6-14-34(21-24)22-30-33-28-12-2-3-13-29(28)37(30)27-11-5-9-25(32)20-27/h2-5,7,9-13,19-20,24H,6,8,14-18,21-22H2,1H3/t24-/m1/s1. The Balaban J connectivity index is 1.15. The van der Waals surface area contributed by atoms with Crippen LogP contribution in [0.4, 0.5) is 5.69 Å². The molecule has 38 heavy (non-hydrogen) atoms. The first-order valence-electron chi connectivity index (χ1n) is 13.6. The number of carbonyl (C=O) groups is 1. The zero-order valence-corrected chi connectivity index (χ0v) is 23.5. The number of nitrogens with zero attached hydrogens (tertiary/aromatic N) is 5. The summed E-state index contributed by atoms with van der Waals surface area (Å²) >= 11 is 3.63. The van der Waals surface area contributed by atoms with E-state index in [9.17, 15) is 4.79 Å². The molecule has 3 heterocycles. The van der Waals surface area contributed by atoms with Gasteiger partial charge in [0.15, 0.2) is 0 Å². The normalized spacial score (nSPS) is 18.7. The number of likely N-dealkylation sites (tertiary alicyclic amines) is 1. The van der Waals surface area contributed by atoms with Crippen molar-refractivity contribution in [3.05, 3.63) is 88.7 Å². The van der Waals surface area contributed by atoms with Crippen molar-refractivity contribution >= 4 is 38.6 Å². The highest BCUT2D eigenvalue weighted by Gasteiger charge is 2.31. The highest BCUT2D eigenvalue weighted by molar-refractivity contribution is 9.10. The second kappa shape index (κ2) is 10.9. The van der Waals surface area contributed by atoms with Crippen LogP contribution in [0.3, 0.4) is 0 Å². The molecule has 0 radical (unpaired) electrons. The number of imidazole rings is 1. The molecule has 2 aliphatic rings. The lowest BCUT2D eigenvalue weighted by molar-refractivity contribution is -0.137. The maximum Gasteiger partial charge on any atom is 0.227 e. The highest BCUT2D eigenvalue weighted by atomic mass is 79.9. The monoisotopic (exact) mass is 571 g/mol. The van der Waals surface area contributed by atoms with Crippen LogP contribution in [0.15, 0.2) is 77.3 Å². The summed E-state index contributed by atoms with van der Waals surface area (Å²) in [6.45, 7) is 8.01. The minimum Gasteiger partial charge on any atom is -0.368 e. The Morgan fingerprint density at radius 2 is 1.71 bits per heavy atom. The number of benzene rings is 3. The Morgan fingerprint density at radius 1 is 0.921 bits per heavy atom. The summed E-state index contributed by atoms with van der Waals surface area (Å²) in [4.78, 5) is 25.5. The molecule has 4 aromatic rings. The molecule has 0 spiro atoms. The Hall–Kier alpha value is -3.16. The van der Waals surface area contributed by atoms with E-state index >= 15 is 0 Å². The van der Waals surface area contributed by atoms with Crippen molar-refractivity contribution in [2.45, 2.75) is 26.3 Å². The van der Waals surface area contributed by atoms with E-state index in [2.05, 4.69) is 103 Å². The van der Waals surface area contributed by atoms with Gasteiger partial charge in [-0.2, -0.15) is 0 Å². The number of fused-ring (bicyclic) bond motifs is 1. The number of rotatable bonds is 5. The number of aromatic nitrogens is 2. The van der Waals surface area contributed by atoms with E-state index < -0.39 is 0 Å². The topological polar surface area (TPSA) is 44.6 Å². The number of piperidine rings is 1. The van der Waals surface area contributed by atoms with Gasteiger partial charge in [-0.25, -0.2) is 4.98 Å². The van der Waals surface area contributed by atoms with E-state index in [0.29, 0.717) is 5.91 Å². The Kier molecular flexibility index (Phi) is 7.22. The maximum absolute atomic E-state index is 13.6. The van der Waals surface area contributed by atoms with Crippen LogP contribution in [0.2, 0.25) is 0 Å². The Morgan fingerprint density at radius 3 is 2.53 bits per heavy atom. The summed E-state index contributed by atoms with van der Waals surface area (Å²) in [5.41, 5.74) is 5.74. The number of aryl methyl sites for hydroxylation is 1. The molecule has 2 saturated heterocycles. The minimum absolute atomic E-state index is 0.0537. The van der Waals surface area contributed by atoms with E-state index in [0.717, 1.165) is 85.7 Å². The van der Waals surface area contributed by atoms with Crippen LogP contribution in [0.1, 0.15) is 24.2 Å². The van der Waals surface area contributed by atoms with Gasteiger partial charge >= 0.3 is 0 Å². The Labute approximate surface area is 233 Å². The summed E-state index contributed by atoms with van der Waals surface area (Å²) < 4.78 is 3.31. The van der Waals surface area contributed by atoms with Gasteiger partial charge in [-0.1, -0.05) is 46.3 Å². The van der Waals surface area contributed by atoms with Crippen LogP contribution in [-0.4, -0.2) is 64.5 Å². The number of halogens is 1. The molecule has 1 aromatic heterocycles. The second-order valence-electron chi connectivity index (χ2n) is 10.6. The lowest BCUT2D eigenvalue weighted by Crippen LogP contribution is -2.52. The average Bonchev–Trinajstić information content (AvgIpc) is 3.30. The van der Waals surface area contributed by atoms with Crippen molar-refractivity contribution < 1.29 is 4.79 Å². The fourth-order valence-electron chi connectivity index (χ4n) is 5.95.